The summed E-state index contributed by atoms with van der Waals surface area (Å²) in [5, 5.41) is 2.33. The molecule has 2 aromatic rings. The van der Waals surface area contributed by atoms with Gasteiger partial charge >= 0.3 is 12.0 Å². The topological polar surface area (TPSA) is 66.9 Å². The molecule has 2 saturated heterocycles. The van der Waals surface area contributed by atoms with Crippen molar-refractivity contribution in [3.05, 3.63) is 51.7 Å². The van der Waals surface area contributed by atoms with Crippen molar-refractivity contribution in [1.29, 1.82) is 0 Å². The van der Waals surface area contributed by atoms with Crippen molar-refractivity contribution in [1.82, 2.24) is 4.90 Å². The van der Waals surface area contributed by atoms with Gasteiger partial charge < -0.3 is 9.64 Å². The summed E-state index contributed by atoms with van der Waals surface area (Å²) in [5.74, 6) is -1.31. The van der Waals surface area contributed by atoms with E-state index >= 15 is 0 Å². The van der Waals surface area contributed by atoms with E-state index in [9.17, 15) is 14.4 Å². The average molecular weight is 391 g/mol. The van der Waals surface area contributed by atoms with Crippen molar-refractivity contribution in [2.75, 3.05) is 12.0 Å². The van der Waals surface area contributed by atoms with Gasteiger partial charge in [-0.15, -0.1) is 11.3 Å². The number of esters is 1. The fourth-order valence-electron chi connectivity index (χ4n) is 3.73. The highest BCUT2D eigenvalue weighted by Crippen LogP contribution is 2.47. The monoisotopic (exact) mass is 390 g/mol. The highest BCUT2D eigenvalue weighted by Gasteiger charge is 2.58. The minimum atomic E-state index is -0.683. The van der Waals surface area contributed by atoms with Gasteiger partial charge in [-0.05, 0) is 36.1 Å². The number of anilines is 1. The third-order valence-corrected chi connectivity index (χ3v) is 5.99. The number of benzene rings is 1. The second-order valence-electron chi connectivity index (χ2n) is 6.18. The maximum Gasteiger partial charge on any atom is 0.332 e. The van der Waals surface area contributed by atoms with Gasteiger partial charge in [-0.2, -0.15) is 0 Å². The molecule has 2 aliphatic rings. The molecule has 6 nitrogen and oxygen atoms in total. The molecule has 3 atom stereocenters. The van der Waals surface area contributed by atoms with Gasteiger partial charge in [0.05, 0.1) is 24.8 Å². The zero-order chi connectivity index (χ0) is 18.4. The number of carbonyl (C=O) groups is 3. The van der Waals surface area contributed by atoms with Crippen molar-refractivity contribution in [2.24, 2.45) is 5.92 Å². The SMILES string of the molecule is COC(=O)C1CC2C(=O)N(c3cccc(Cl)c3)C(=O)N2C1c1cccs1. The molecule has 0 radical (unpaired) electrons. The highest BCUT2D eigenvalue weighted by molar-refractivity contribution is 7.10. The van der Waals surface area contributed by atoms with E-state index < -0.39 is 30.0 Å². The first kappa shape index (κ1) is 17.1. The number of imide groups is 1. The first-order chi connectivity index (χ1) is 12.5. The lowest BCUT2D eigenvalue weighted by atomic mass is 9.97. The third-order valence-electron chi connectivity index (χ3n) is 4.82. The van der Waals surface area contributed by atoms with E-state index in [1.807, 2.05) is 17.5 Å². The van der Waals surface area contributed by atoms with Crippen LogP contribution in [-0.4, -0.2) is 36.0 Å². The Hall–Kier alpha value is -2.38. The number of hydrogen-bond acceptors (Lipinski definition) is 5. The molecule has 0 N–H and O–H groups in total. The Morgan fingerprint density at radius 3 is 2.73 bits per heavy atom. The molecule has 3 unspecified atom stereocenters. The molecule has 3 amide bonds. The number of carbonyl (C=O) groups excluding carboxylic acids is 3. The van der Waals surface area contributed by atoms with Crippen molar-refractivity contribution in [2.45, 2.75) is 18.5 Å². The van der Waals surface area contributed by atoms with E-state index in [4.69, 9.17) is 16.3 Å². The number of urea groups is 1. The average Bonchev–Trinajstić information content (AvgIpc) is 3.32. The summed E-state index contributed by atoms with van der Waals surface area (Å²) in [5.41, 5.74) is 0.432. The normalized spacial score (nSPS) is 24.9. The molecule has 0 saturated carbocycles. The Morgan fingerprint density at radius 1 is 1.27 bits per heavy atom. The van der Waals surface area contributed by atoms with Gasteiger partial charge in [0.15, 0.2) is 0 Å². The molecule has 3 heterocycles. The van der Waals surface area contributed by atoms with E-state index in [2.05, 4.69) is 0 Å². The van der Waals surface area contributed by atoms with Crippen LogP contribution in [0.4, 0.5) is 10.5 Å². The van der Waals surface area contributed by atoms with Gasteiger partial charge in [-0.1, -0.05) is 23.7 Å². The summed E-state index contributed by atoms with van der Waals surface area (Å²) in [6.45, 7) is 0. The van der Waals surface area contributed by atoms with Crippen LogP contribution < -0.4 is 4.90 Å². The quantitative estimate of drug-likeness (QED) is 0.594. The molecular formula is C18H15ClN2O4S. The smallest absolute Gasteiger partial charge is 0.332 e. The largest absolute Gasteiger partial charge is 0.469 e. The summed E-state index contributed by atoms with van der Waals surface area (Å²) < 4.78 is 4.91. The minimum absolute atomic E-state index is 0.247. The summed E-state index contributed by atoms with van der Waals surface area (Å²) in [7, 11) is 1.32. The molecule has 2 aliphatic heterocycles. The summed E-state index contributed by atoms with van der Waals surface area (Å²) in [6.07, 6.45) is 0.247. The van der Waals surface area contributed by atoms with Gasteiger partial charge in [0, 0.05) is 9.90 Å². The van der Waals surface area contributed by atoms with Gasteiger partial charge in [0.25, 0.3) is 5.91 Å². The number of amides is 3. The van der Waals surface area contributed by atoms with E-state index in [1.54, 1.807) is 24.3 Å². The van der Waals surface area contributed by atoms with Crippen molar-refractivity contribution in [3.8, 4) is 0 Å². The van der Waals surface area contributed by atoms with Gasteiger partial charge in [0.2, 0.25) is 0 Å². The summed E-state index contributed by atoms with van der Waals surface area (Å²) in [6, 6.07) is 8.72. The maximum atomic E-state index is 13.1. The number of hydrogen-bond donors (Lipinski definition) is 0. The Bertz CT molecular complexity index is 885. The lowest BCUT2D eigenvalue weighted by Crippen LogP contribution is -2.37. The third kappa shape index (κ3) is 2.50. The van der Waals surface area contributed by atoms with Crippen LogP contribution in [0.25, 0.3) is 0 Å². The summed E-state index contributed by atoms with van der Waals surface area (Å²) in [4.78, 5) is 41.8. The molecule has 0 aliphatic carbocycles. The van der Waals surface area contributed by atoms with Crippen molar-refractivity contribution in [3.63, 3.8) is 0 Å². The molecular weight excluding hydrogens is 376 g/mol. The Labute approximate surface area is 158 Å². The fraction of sp³-hybridized carbons (Fsp3) is 0.278. The number of thiophene rings is 1. The Morgan fingerprint density at radius 2 is 2.08 bits per heavy atom. The molecule has 1 aromatic heterocycles. The molecule has 8 heteroatoms. The number of nitrogens with zero attached hydrogens (tertiary/aromatic N) is 2. The van der Waals surface area contributed by atoms with E-state index in [0.717, 1.165) is 9.78 Å². The van der Waals surface area contributed by atoms with Crippen LogP contribution in [0.15, 0.2) is 41.8 Å². The van der Waals surface area contributed by atoms with Crippen LogP contribution in [-0.2, 0) is 14.3 Å². The maximum absolute atomic E-state index is 13.1. The van der Waals surface area contributed by atoms with E-state index in [1.165, 1.54) is 23.3 Å². The Kier molecular flexibility index (Phi) is 4.20. The van der Waals surface area contributed by atoms with Crippen LogP contribution in [0.5, 0.6) is 0 Å². The standard InChI is InChI=1S/C18H15ClN2O4S/c1-25-17(23)12-9-13-16(22)20(11-5-2-4-10(19)8-11)18(24)21(13)15(12)14-6-3-7-26-14/h2-8,12-13,15H,9H2,1H3. The number of methoxy groups -OCH3 is 1. The van der Waals surface area contributed by atoms with Crippen LogP contribution >= 0.6 is 22.9 Å². The molecule has 134 valence electrons. The van der Waals surface area contributed by atoms with Gasteiger partial charge in [-0.3, -0.25) is 9.59 Å². The van der Waals surface area contributed by atoms with E-state index in [0.29, 0.717) is 10.7 Å². The van der Waals surface area contributed by atoms with Crippen LogP contribution in [0.3, 0.4) is 0 Å². The Balaban J connectivity index is 1.75. The zero-order valence-electron chi connectivity index (χ0n) is 13.8. The molecule has 0 bridgehead atoms. The summed E-state index contributed by atoms with van der Waals surface area (Å²) >= 11 is 7.46. The van der Waals surface area contributed by atoms with Crippen molar-refractivity contribution < 1.29 is 19.1 Å². The second-order valence-corrected chi connectivity index (χ2v) is 7.60. The highest BCUT2D eigenvalue weighted by atomic mass is 35.5. The number of rotatable bonds is 3. The van der Waals surface area contributed by atoms with Gasteiger partial charge in [0.1, 0.15) is 6.04 Å². The predicted molar refractivity (Wildman–Crippen MR) is 97.1 cm³/mol. The molecule has 0 spiro atoms. The molecule has 2 fully saturated rings. The first-order valence-corrected chi connectivity index (χ1v) is 9.31. The van der Waals surface area contributed by atoms with Crippen LogP contribution in [0, 0.1) is 5.92 Å². The molecule has 4 rings (SSSR count). The van der Waals surface area contributed by atoms with Crippen LogP contribution in [0.2, 0.25) is 5.02 Å². The molecule has 26 heavy (non-hydrogen) atoms. The lowest BCUT2D eigenvalue weighted by molar-refractivity contribution is -0.146. The number of halogens is 1. The van der Waals surface area contributed by atoms with Crippen molar-refractivity contribution >= 4 is 46.5 Å². The van der Waals surface area contributed by atoms with E-state index in [-0.39, 0.29) is 12.3 Å². The minimum Gasteiger partial charge on any atom is -0.469 e. The second kappa shape index (κ2) is 6.41. The zero-order valence-corrected chi connectivity index (χ0v) is 15.4. The lowest BCUT2D eigenvalue weighted by Gasteiger charge is -2.25. The predicted octanol–water partition coefficient (Wildman–Crippen LogP) is 3.47. The molecule has 1 aromatic carbocycles. The number of ether oxygens (including phenoxy) is 1. The van der Waals surface area contributed by atoms with Crippen LogP contribution in [0.1, 0.15) is 17.3 Å². The number of fused-ring (bicyclic) bond motifs is 1. The first-order valence-electron chi connectivity index (χ1n) is 8.06. The van der Waals surface area contributed by atoms with Gasteiger partial charge in [-0.25, -0.2) is 9.69 Å². The fourth-order valence-corrected chi connectivity index (χ4v) is 4.80.